The summed E-state index contributed by atoms with van der Waals surface area (Å²) in [5, 5.41) is 10.8. The van der Waals surface area contributed by atoms with Gasteiger partial charge in [-0.2, -0.15) is 5.10 Å². The number of nitrogens with one attached hydrogen (secondary N) is 2. The Morgan fingerprint density at radius 1 is 1.26 bits per heavy atom. The van der Waals surface area contributed by atoms with Crippen LogP contribution in [0.5, 0.6) is 0 Å². The molecule has 0 bridgehead atoms. The zero-order valence-corrected chi connectivity index (χ0v) is 13.7. The molecule has 1 unspecified atom stereocenters. The van der Waals surface area contributed by atoms with Crippen molar-refractivity contribution in [3.05, 3.63) is 60.3 Å². The summed E-state index contributed by atoms with van der Waals surface area (Å²) in [6.07, 6.45) is 7.59. The first-order valence-electron chi connectivity index (χ1n) is 7.98. The summed E-state index contributed by atoms with van der Waals surface area (Å²) < 4.78 is 2.11. The molecule has 0 spiro atoms. The van der Waals surface area contributed by atoms with Crippen LogP contribution >= 0.6 is 0 Å². The highest BCUT2D eigenvalue weighted by Crippen LogP contribution is 2.21. The lowest BCUT2D eigenvalue weighted by molar-refractivity contribution is 0.445. The maximum Gasteiger partial charge on any atom is 0.0946 e. The number of imidazole rings is 1. The number of H-pyrrole nitrogens is 1. The van der Waals surface area contributed by atoms with E-state index in [1.165, 1.54) is 16.7 Å². The molecule has 3 rings (SSSR count). The first-order chi connectivity index (χ1) is 11.2. The quantitative estimate of drug-likeness (QED) is 0.705. The summed E-state index contributed by atoms with van der Waals surface area (Å²) in [5.41, 5.74) is 4.74. The molecule has 2 heterocycles. The van der Waals surface area contributed by atoms with E-state index in [2.05, 4.69) is 63.2 Å². The van der Waals surface area contributed by atoms with Gasteiger partial charge in [-0.05, 0) is 24.9 Å². The Bertz CT molecular complexity index is 712. The van der Waals surface area contributed by atoms with Gasteiger partial charge in [0.25, 0.3) is 0 Å². The van der Waals surface area contributed by atoms with Gasteiger partial charge < -0.3 is 9.88 Å². The lowest BCUT2D eigenvalue weighted by Crippen LogP contribution is -2.23. The van der Waals surface area contributed by atoms with Crippen LogP contribution in [0.25, 0.3) is 11.3 Å². The number of benzene rings is 1. The number of aryl methyl sites for hydroxylation is 1. The van der Waals surface area contributed by atoms with Crippen molar-refractivity contribution in [3.63, 3.8) is 0 Å². The third-order valence-electron chi connectivity index (χ3n) is 3.95. The van der Waals surface area contributed by atoms with Crippen molar-refractivity contribution in [2.75, 3.05) is 6.54 Å². The summed E-state index contributed by atoms with van der Waals surface area (Å²) >= 11 is 0. The summed E-state index contributed by atoms with van der Waals surface area (Å²) in [6, 6.07) is 8.52. The Morgan fingerprint density at radius 2 is 2.09 bits per heavy atom. The van der Waals surface area contributed by atoms with Crippen molar-refractivity contribution in [3.8, 4) is 11.3 Å². The molecule has 1 aromatic carbocycles. The SMILES string of the molecule is Cc1ccc(-c2[nH]ncc2CNCC(C)Cn2ccnc2)cc1. The molecule has 2 N–H and O–H groups in total. The Morgan fingerprint density at radius 3 is 2.83 bits per heavy atom. The number of hydrogen-bond acceptors (Lipinski definition) is 3. The van der Waals surface area contributed by atoms with Crippen LogP contribution in [0.2, 0.25) is 0 Å². The number of aromatic nitrogens is 4. The van der Waals surface area contributed by atoms with Crippen LogP contribution in [0.3, 0.4) is 0 Å². The summed E-state index contributed by atoms with van der Waals surface area (Å²) in [5.74, 6) is 0.541. The van der Waals surface area contributed by atoms with Crippen LogP contribution in [-0.4, -0.2) is 26.3 Å². The third-order valence-corrected chi connectivity index (χ3v) is 3.95. The molecule has 0 fully saturated rings. The van der Waals surface area contributed by atoms with Gasteiger partial charge in [-0.3, -0.25) is 5.10 Å². The first kappa shape index (κ1) is 15.5. The molecule has 3 aromatic rings. The van der Waals surface area contributed by atoms with E-state index in [0.29, 0.717) is 5.92 Å². The number of hydrogen-bond donors (Lipinski definition) is 2. The molecule has 0 saturated carbocycles. The molecule has 5 nitrogen and oxygen atoms in total. The minimum Gasteiger partial charge on any atom is -0.337 e. The lowest BCUT2D eigenvalue weighted by Gasteiger charge is -2.13. The fourth-order valence-electron chi connectivity index (χ4n) is 2.69. The van der Waals surface area contributed by atoms with Gasteiger partial charge >= 0.3 is 0 Å². The Hall–Kier alpha value is -2.40. The van der Waals surface area contributed by atoms with Crippen molar-refractivity contribution in [2.45, 2.75) is 26.9 Å². The largest absolute Gasteiger partial charge is 0.337 e. The van der Waals surface area contributed by atoms with Crippen LogP contribution in [0.15, 0.2) is 49.2 Å². The van der Waals surface area contributed by atoms with Gasteiger partial charge in [0, 0.05) is 31.0 Å². The zero-order chi connectivity index (χ0) is 16.1. The smallest absolute Gasteiger partial charge is 0.0946 e. The fourth-order valence-corrected chi connectivity index (χ4v) is 2.69. The number of rotatable bonds is 7. The van der Waals surface area contributed by atoms with Crippen LogP contribution in [0, 0.1) is 12.8 Å². The van der Waals surface area contributed by atoms with Crippen LogP contribution in [0.1, 0.15) is 18.1 Å². The normalized spacial score (nSPS) is 12.4. The van der Waals surface area contributed by atoms with Crippen molar-refractivity contribution in [1.82, 2.24) is 25.1 Å². The molecule has 0 aliphatic rings. The van der Waals surface area contributed by atoms with Gasteiger partial charge in [-0.1, -0.05) is 36.8 Å². The topological polar surface area (TPSA) is 58.5 Å². The summed E-state index contributed by atoms with van der Waals surface area (Å²) in [4.78, 5) is 4.08. The second-order valence-corrected chi connectivity index (χ2v) is 6.13. The highest BCUT2D eigenvalue weighted by atomic mass is 15.1. The van der Waals surface area contributed by atoms with Gasteiger partial charge in [0.2, 0.25) is 0 Å². The highest BCUT2D eigenvalue weighted by Gasteiger charge is 2.08. The Balaban J connectivity index is 1.55. The molecule has 0 aliphatic heterocycles. The third kappa shape index (κ3) is 4.07. The fraction of sp³-hybridized carbons (Fsp3) is 0.333. The van der Waals surface area contributed by atoms with E-state index in [0.717, 1.165) is 25.3 Å². The predicted octanol–water partition coefficient (Wildman–Crippen LogP) is 3.01. The van der Waals surface area contributed by atoms with Gasteiger partial charge in [-0.25, -0.2) is 4.98 Å². The van der Waals surface area contributed by atoms with Gasteiger partial charge in [0.15, 0.2) is 0 Å². The molecular weight excluding hydrogens is 286 g/mol. The Labute approximate surface area is 136 Å². The van der Waals surface area contributed by atoms with E-state index < -0.39 is 0 Å². The van der Waals surface area contributed by atoms with Crippen molar-refractivity contribution in [2.24, 2.45) is 5.92 Å². The molecule has 0 saturated heterocycles. The van der Waals surface area contributed by atoms with Gasteiger partial charge in [-0.15, -0.1) is 0 Å². The minimum atomic E-state index is 0.541. The maximum absolute atomic E-state index is 4.20. The van der Waals surface area contributed by atoms with Crippen molar-refractivity contribution in [1.29, 1.82) is 0 Å². The molecule has 5 heteroatoms. The van der Waals surface area contributed by atoms with Crippen molar-refractivity contribution >= 4 is 0 Å². The van der Waals surface area contributed by atoms with E-state index in [4.69, 9.17) is 0 Å². The number of nitrogens with zero attached hydrogens (tertiary/aromatic N) is 3. The van der Waals surface area contributed by atoms with Crippen LogP contribution in [0.4, 0.5) is 0 Å². The minimum absolute atomic E-state index is 0.541. The van der Waals surface area contributed by atoms with Crippen LogP contribution < -0.4 is 5.32 Å². The molecule has 120 valence electrons. The summed E-state index contributed by atoms with van der Waals surface area (Å²) in [6.45, 7) is 7.08. The van der Waals surface area contributed by atoms with Crippen LogP contribution in [-0.2, 0) is 13.1 Å². The first-order valence-corrected chi connectivity index (χ1v) is 7.98. The van der Waals surface area contributed by atoms with E-state index in [1.54, 1.807) is 0 Å². The molecule has 0 amide bonds. The molecular formula is C18H23N5. The van der Waals surface area contributed by atoms with E-state index in [-0.39, 0.29) is 0 Å². The van der Waals surface area contributed by atoms with E-state index >= 15 is 0 Å². The lowest BCUT2D eigenvalue weighted by atomic mass is 10.1. The maximum atomic E-state index is 4.20. The molecule has 23 heavy (non-hydrogen) atoms. The predicted molar refractivity (Wildman–Crippen MR) is 91.9 cm³/mol. The average molecular weight is 309 g/mol. The zero-order valence-electron chi connectivity index (χ0n) is 13.7. The summed E-state index contributed by atoms with van der Waals surface area (Å²) in [7, 11) is 0. The van der Waals surface area contributed by atoms with E-state index in [9.17, 15) is 0 Å². The Kier molecular flexibility index (Phi) is 4.88. The van der Waals surface area contributed by atoms with Crippen molar-refractivity contribution < 1.29 is 0 Å². The molecule has 2 aromatic heterocycles. The average Bonchev–Trinajstić information content (AvgIpc) is 3.20. The second-order valence-electron chi connectivity index (χ2n) is 6.13. The molecule has 0 radical (unpaired) electrons. The van der Waals surface area contributed by atoms with E-state index in [1.807, 2.05) is 24.9 Å². The standard InChI is InChI=1S/C18H23N5/c1-14-3-5-16(6-4-14)18-17(11-21-22-18)10-20-9-15(2)12-23-8-7-19-13-23/h3-8,11,13,15,20H,9-10,12H2,1-2H3,(H,21,22). The molecule has 0 aliphatic carbocycles. The number of aromatic amines is 1. The van der Waals surface area contributed by atoms with Gasteiger partial charge in [0.1, 0.15) is 0 Å². The highest BCUT2D eigenvalue weighted by molar-refractivity contribution is 5.62. The van der Waals surface area contributed by atoms with Gasteiger partial charge in [0.05, 0.1) is 18.2 Å². The monoisotopic (exact) mass is 309 g/mol. The molecule has 1 atom stereocenters. The second kappa shape index (κ2) is 7.24.